The van der Waals surface area contributed by atoms with Crippen molar-refractivity contribution in [3.63, 3.8) is 0 Å². The van der Waals surface area contributed by atoms with Crippen molar-refractivity contribution in [1.82, 2.24) is 5.32 Å². The largest absolute Gasteiger partial charge is 0.478 e. The van der Waals surface area contributed by atoms with Crippen molar-refractivity contribution in [3.05, 3.63) is 53.0 Å². The number of carbonyl (C=O) groups is 3. The van der Waals surface area contributed by atoms with Crippen molar-refractivity contribution < 1.29 is 23.9 Å². The zero-order valence-corrected chi connectivity index (χ0v) is 14.4. The summed E-state index contributed by atoms with van der Waals surface area (Å²) in [5.41, 5.74) is 1.95. The minimum atomic E-state index is -1.15. The molecule has 3 rings (SSSR count). The maximum Gasteiger partial charge on any atom is 0.339 e. The summed E-state index contributed by atoms with van der Waals surface area (Å²) in [5, 5.41) is 11.6. The van der Waals surface area contributed by atoms with Crippen LogP contribution in [0.3, 0.4) is 0 Å². The fourth-order valence-corrected chi connectivity index (χ4v) is 3.12. The van der Waals surface area contributed by atoms with E-state index in [0.29, 0.717) is 13.0 Å². The molecule has 0 fully saturated rings. The van der Waals surface area contributed by atoms with Gasteiger partial charge in [0.2, 0.25) is 5.91 Å². The quantitative estimate of drug-likeness (QED) is 0.856. The number of benzene rings is 1. The van der Waals surface area contributed by atoms with Gasteiger partial charge in [-0.25, -0.2) is 4.79 Å². The molecule has 0 atom stereocenters. The first-order valence-corrected chi connectivity index (χ1v) is 8.53. The molecule has 0 aliphatic carbocycles. The molecule has 7 heteroatoms. The van der Waals surface area contributed by atoms with Gasteiger partial charge in [0.05, 0.1) is 6.54 Å². The maximum absolute atomic E-state index is 12.5. The molecule has 0 saturated heterocycles. The van der Waals surface area contributed by atoms with Gasteiger partial charge in [-0.1, -0.05) is 25.1 Å². The van der Waals surface area contributed by atoms with E-state index in [-0.39, 0.29) is 29.5 Å². The molecule has 2 heterocycles. The number of hydrogen-bond donors (Lipinski definition) is 2. The van der Waals surface area contributed by atoms with Gasteiger partial charge in [-0.2, -0.15) is 0 Å². The van der Waals surface area contributed by atoms with E-state index in [0.717, 1.165) is 24.1 Å². The highest BCUT2D eigenvalue weighted by atomic mass is 16.4. The minimum Gasteiger partial charge on any atom is -0.478 e. The predicted octanol–water partition coefficient (Wildman–Crippen LogP) is 2.25. The smallest absolute Gasteiger partial charge is 0.339 e. The van der Waals surface area contributed by atoms with Crippen molar-refractivity contribution >= 4 is 23.5 Å². The summed E-state index contributed by atoms with van der Waals surface area (Å²) < 4.78 is 5.30. The van der Waals surface area contributed by atoms with Crippen LogP contribution in [0.2, 0.25) is 0 Å². The molecule has 136 valence electrons. The number of rotatable bonds is 5. The summed E-state index contributed by atoms with van der Waals surface area (Å²) in [5.74, 6) is -1.84. The van der Waals surface area contributed by atoms with Gasteiger partial charge in [0.15, 0.2) is 5.76 Å². The number of carboxylic acids is 1. The second kappa shape index (κ2) is 7.43. The third kappa shape index (κ3) is 3.46. The molecule has 0 spiro atoms. The molecule has 0 radical (unpaired) electrons. The Labute approximate surface area is 150 Å². The molecular formula is C19H20N2O5. The van der Waals surface area contributed by atoms with Crippen LogP contribution in [0, 0.1) is 0 Å². The van der Waals surface area contributed by atoms with Crippen molar-refractivity contribution in [2.75, 3.05) is 18.0 Å². The molecule has 1 aliphatic rings. The van der Waals surface area contributed by atoms with Crippen LogP contribution in [-0.4, -0.2) is 36.0 Å². The zero-order chi connectivity index (χ0) is 18.7. The van der Waals surface area contributed by atoms with Crippen molar-refractivity contribution in [3.8, 4) is 0 Å². The highest BCUT2D eigenvalue weighted by molar-refractivity contribution is 6.01. The average Bonchev–Trinajstić information content (AvgIpc) is 3.10. The van der Waals surface area contributed by atoms with E-state index in [4.69, 9.17) is 9.52 Å². The third-order valence-electron chi connectivity index (χ3n) is 4.40. The number of amides is 2. The number of carboxylic acid groups (broad SMARTS) is 1. The van der Waals surface area contributed by atoms with Crippen molar-refractivity contribution in [2.45, 2.75) is 26.2 Å². The van der Waals surface area contributed by atoms with E-state index in [1.807, 2.05) is 24.3 Å². The van der Waals surface area contributed by atoms with E-state index in [2.05, 4.69) is 5.32 Å². The summed E-state index contributed by atoms with van der Waals surface area (Å²) in [4.78, 5) is 37.6. The Hall–Kier alpha value is -3.09. The lowest BCUT2D eigenvalue weighted by atomic mass is 10.0. The Kier molecular flexibility index (Phi) is 5.06. The second-order valence-corrected chi connectivity index (χ2v) is 6.07. The fraction of sp³-hybridized carbons (Fsp3) is 0.316. The van der Waals surface area contributed by atoms with E-state index in [1.165, 1.54) is 6.07 Å². The molecule has 1 aliphatic heterocycles. The molecule has 2 N–H and O–H groups in total. The Balaban J connectivity index is 1.67. The Bertz CT molecular complexity index is 855. The number of fused-ring (bicyclic) bond motifs is 1. The zero-order valence-electron chi connectivity index (χ0n) is 14.4. The number of nitrogens with one attached hydrogen (secondary N) is 1. The van der Waals surface area contributed by atoms with Gasteiger partial charge < -0.3 is 19.7 Å². The molecule has 0 bridgehead atoms. The number of nitrogens with zero attached hydrogens (tertiary/aromatic N) is 1. The van der Waals surface area contributed by atoms with Gasteiger partial charge >= 0.3 is 5.97 Å². The molecule has 0 saturated carbocycles. The van der Waals surface area contributed by atoms with Crippen LogP contribution in [0.25, 0.3) is 0 Å². The number of carbonyl (C=O) groups excluding carboxylic acids is 2. The third-order valence-corrected chi connectivity index (χ3v) is 4.40. The molecular weight excluding hydrogens is 336 g/mol. The fourth-order valence-electron chi connectivity index (χ4n) is 3.12. The van der Waals surface area contributed by atoms with Gasteiger partial charge in [-0.05, 0) is 24.5 Å². The van der Waals surface area contributed by atoms with E-state index in [9.17, 15) is 14.4 Å². The first-order chi connectivity index (χ1) is 12.5. The molecule has 2 amide bonds. The average molecular weight is 356 g/mol. The van der Waals surface area contributed by atoms with Crippen LogP contribution in [-0.2, 0) is 17.6 Å². The first-order valence-electron chi connectivity index (χ1n) is 8.53. The summed E-state index contributed by atoms with van der Waals surface area (Å²) >= 11 is 0. The van der Waals surface area contributed by atoms with Gasteiger partial charge in [-0.15, -0.1) is 0 Å². The second-order valence-electron chi connectivity index (χ2n) is 6.07. The van der Waals surface area contributed by atoms with Gasteiger partial charge in [0.25, 0.3) is 5.91 Å². The van der Waals surface area contributed by atoms with Crippen LogP contribution < -0.4 is 10.2 Å². The topological polar surface area (TPSA) is 99.9 Å². The summed E-state index contributed by atoms with van der Waals surface area (Å²) in [7, 11) is 0. The van der Waals surface area contributed by atoms with Crippen molar-refractivity contribution in [1.29, 1.82) is 0 Å². The molecule has 1 aromatic heterocycles. The summed E-state index contributed by atoms with van der Waals surface area (Å²) in [6.45, 7) is 2.16. The molecule has 7 nitrogen and oxygen atoms in total. The normalized spacial score (nSPS) is 13.2. The molecule has 0 unspecified atom stereocenters. The molecule has 2 aromatic rings. The first kappa shape index (κ1) is 17.7. The van der Waals surface area contributed by atoms with Crippen LogP contribution in [0.4, 0.5) is 5.69 Å². The van der Waals surface area contributed by atoms with Crippen LogP contribution in [0.5, 0.6) is 0 Å². The van der Waals surface area contributed by atoms with Gasteiger partial charge in [0, 0.05) is 24.7 Å². The Morgan fingerprint density at radius 1 is 1.27 bits per heavy atom. The van der Waals surface area contributed by atoms with E-state index >= 15 is 0 Å². The van der Waals surface area contributed by atoms with Crippen LogP contribution >= 0.6 is 0 Å². The molecule has 26 heavy (non-hydrogen) atoms. The monoisotopic (exact) mass is 356 g/mol. The lowest BCUT2D eigenvalue weighted by Crippen LogP contribution is -2.42. The van der Waals surface area contributed by atoms with Gasteiger partial charge in [-0.3, -0.25) is 9.59 Å². The van der Waals surface area contributed by atoms with E-state index < -0.39 is 11.9 Å². The lowest BCUT2D eigenvalue weighted by Gasteiger charge is -2.29. The number of aromatic carboxylic acids is 1. The standard InChI is InChI=1S/C19H20N2O5/c1-2-15-13(19(24)25)10-16(26-15)18(23)20-11-17(22)21-9-5-7-12-6-3-4-8-14(12)21/h3-4,6,8,10H,2,5,7,9,11H2,1H3,(H,20,23)(H,24,25). The SMILES string of the molecule is CCc1oc(C(=O)NCC(=O)N2CCCc3ccccc32)cc1C(=O)O. The Morgan fingerprint density at radius 2 is 2.04 bits per heavy atom. The highest BCUT2D eigenvalue weighted by Crippen LogP contribution is 2.26. The summed E-state index contributed by atoms with van der Waals surface area (Å²) in [6.07, 6.45) is 2.16. The maximum atomic E-state index is 12.5. The predicted molar refractivity (Wildman–Crippen MR) is 94.5 cm³/mol. The van der Waals surface area contributed by atoms with Crippen LogP contribution in [0.15, 0.2) is 34.7 Å². The summed E-state index contributed by atoms with van der Waals surface area (Å²) in [6, 6.07) is 8.91. The number of para-hydroxylation sites is 1. The number of aryl methyl sites for hydroxylation is 2. The van der Waals surface area contributed by atoms with E-state index in [1.54, 1.807) is 11.8 Å². The van der Waals surface area contributed by atoms with Crippen LogP contribution in [0.1, 0.15) is 45.6 Å². The Morgan fingerprint density at radius 3 is 2.73 bits per heavy atom. The van der Waals surface area contributed by atoms with Crippen molar-refractivity contribution in [2.24, 2.45) is 0 Å². The van der Waals surface area contributed by atoms with Gasteiger partial charge in [0.1, 0.15) is 11.3 Å². The molecule has 1 aromatic carbocycles. The lowest BCUT2D eigenvalue weighted by molar-refractivity contribution is -0.117. The number of furan rings is 1. The number of anilines is 1. The highest BCUT2D eigenvalue weighted by Gasteiger charge is 2.24. The number of hydrogen-bond acceptors (Lipinski definition) is 4. The minimum absolute atomic E-state index is 0.0334.